The van der Waals surface area contributed by atoms with Crippen LogP contribution in [-0.2, 0) is 21.4 Å². The first-order valence-electron chi connectivity index (χ1n) is 13.5. The smallest absolute Gasteiger partial charge is 0.490 e. The van der Waals surface area contributed by atoms with Gasteiger partial charge in [0.25, 0.3) is 10.0 Å². The Morgan fingerprint density at radius 2 is 1.53 bits per heavy atom. The van der Waals surface area contributed by atoms with Crippen LogP contribution in [0.25, 0.3) is 10.9 Å². The van der Waals surface area contributed by atoms with E-state index in [2.05, 4.69) is 15.1 Å². The van der Waals surface area contributed by atoms with Crippen LogP contribution in [0.2, 0.25) is 0 Å². The Hall–Kier alpha value is -4.51. The number of carbonyl (C=O) groups excluding carboxylic acids is 2. The van der Waals surface area contributed by atoms with E-state index in [1.54, 1.807) is 30.5 Å². The Labute approximate surface area is 257 Å². The molecule has 17 heteroatoms. The van der Waals surface area contributed by atoms with Gasteiger partial charge in [-0.25, -0.2) is 26.8 Å². The minimum Gasteiger partial charge on any atom is -0.492 e. The minimum absolute atomic E-state index is 0.295. The van der Waals surface area contributed by atoms with Gasteiger partial charge in [0.2, 0.25) is 0 Å². The standard InChI is InChI=1S/C20H20N2O3S.C6H12N4O2.C2HF3O2/c23-26(24,16-6-2-1-3-7-16)22-12-10-17-18-13-21-11-4-5-15(21)14-25-20(18)9-8-19(17)22;1-9(2)5(11)7-8-6(12)10(3)4;3-2(4,5)1(6)7/h1-3,6-10,12,15H,4-5,11,13-14H2;1-4H3;(H,6,7)/t15-;;/m1../s1. The first-order valence-corrected chi connectivity index (χ1v) is 14.9. The number of aromatic nitrogens is 1. The number of hydrogen-bond acceptors (Lipinski definition) is 7. The van der Waals surface area contributed by atoms with Gasteiger partial charge in [0.15, 0.2) is 0 Å². The molecule has 1 saturated heterocycles. The SMILES string of the molecule is CN(C)C(=O)N=NC(=O)N(C)C.O=C(O)C(F)(F)F.O=S(=O)(c1ccccc1)n1ccc2c3c(ccc21)OC[C@H]1CCCN1C3. The van der Waals surface area contributed by atoms with Crippen LogP contribution in [0.5, 0.6) is 5.75 Å². The number of fused-ring (bicyclic) bond motifs is 4. The maximum atomic E-state index is 13.0. The normalized spacial score (nSPS) is 16.2. The highest BCUT2D eigenvalue weighted by molar-refractivity contribution is 7.90. The fraction of sp³-hybridized carbons (Fsp3) is 0.393. The summed E-state index contributed by atoms with van der Waals surface area (Å²) in [5, 5.41) is 14.4. The first kappa shape index (κ1) is 35.0. The van der Waals surface area contributed by atoms with E-state index in [4.69, 9.17) is 14.6 Å². The predicted octanol–water partition coefficient (Wildman–Crippen LogP) is 4.67. The molecule has 2 aliphatic rings. The number of nitrogens with zero attached hydrogens (tertiary/aromatic N) is 6. The van der Waals surface area contributed by atoms with Gasteiger partial charge in [-0.15, -0.1) is 0 Å². The maximum absolute atomic E-state index is 13.0. The van der Waals surface area contributed by atoms with Crippen molar-refractivity contribution >= 4 is 39.0 Å². The number of aliphatic carboxylic acids is 1. The molecule has 1 fully saturated rings. The fourth-order valence-electron chi connectivity index (χ4n) is 4.39. The predicted molar refractivity (Wildman–Crippen MR) is 157 cm³/mol. The third-order valence-corrected chi connectivity index (χ3v) is 8.43. The summed E-state index contributed by atoms with van der Waals surface area (Å²) >= 11 is 0. The van der Waals surface area contributed by atoms with Gasteiger partial charge in [-0.2, -0.15) is 13.2 Å². The van der Waals surface area contributed by atoms with E-state index in [0.717, 1.165) is 29.8 Å². The number of urea groups is 2. The van der Waals surface area contributed by atoms with Crippen LogP contribution in [0, 0.1) is 0 Å². The second-order valence-electron chi connectivity index (χ2n) is 10.3. The number of carboxylic acids is 1. The fourth-order valence-corrected chi connectivity index (χ4v) is 5.76. The van der Waals surface area contributed by atoms with E-state index >= 15 is 0 Å². The highest BCUT2D eigenvalue weighted by Crippen LogP contribution is 2.36. The third-order valence-electron chi connectivity index (χ3n) is 6.73. The lowest BCUT2D eigenvalue weighted by molar-refractivity contribution is -0.192. The largest absolute Gasteiger partial charge is 0.492 e. The van der Waals surface area contributed by atoms with Gasteiger partial charge < -0.3 is 19.6 Å². The summed E-state index contributed by atoms with van der Waals surface area (Å²) in [6.45, 7) is 2.60. The average molecular weight is 655 g/mol. The lowest BCUT2D eigenvalue weighted by Gasteiger charge is -2.20. The van der Waals surface area contributed by atoms with E-state index in [0.29, 0.717) is 23.1 Å². The molecule has 4 amide bonds. The van der Waals surface area contributed by atoms with Crippen molar-refractivity contribution in [3.63, 3.8) is 0 Å². The number of ether oxygens (including phenoxy) is 1. The zero-order valence-corrected chi connectivity index (χ0v) is 25.7. The highest BCUT2D eigenvalue weighted by atomic mass is 32.2. The summed E-state index contributed by atoms with van der Waals surface area (Å²) in [5.41, 5.74) is 1.79. The van der Waals surface area contributed by atoms with Crippen molar-refractivity contribution < 1.29 is 45.8 Å². The van der Waals surface area contributed by atoms with E-state index in [-0.39, 0.29) is 0 Å². The summed E-state index contributed by atoms with van der Waals surface area (Å²) in [6.07, 6.45) is -1.07. The summed E-state index contributed by atoms with van der Waals surface area (Å²) in [4.78, 5) is 35.6. The Bertz CT molecular complexity index is 1640. The number of carboxylic acid groups (broad SMARTS) is 1. The van der Waals surface area contributed by atoms with Gasteiger partial charge >= 0.3 is 24.2 Å². The number of halogens is 3. The number of carbonyl (C=O) groups is 3. The molecule has 2 aliphatic heterocycles. The minimum atomic E-state index is -5.08. The highest BCUT2D eigenvalue weighted by Gasteiger charge is 2.38. The zero-order valence-electron chi connectivity index (χ0n) is 24.9. The number of alkyl halides is 3. The van der Waals surface area contributed by atoms with Crippen molar-refractivity contribution in [2.75, 3.05) is 41.3 Å². The maximum Gasteiger partial charge on any atom is 0.490 e. The monoisotopic (exact) mass is 654 g/mol. The summed E-state index contributed by atoms with van der Waals surface area (Å²) < 4.78 is 65.3. The summed E-state index contributed by atoms with van der Waals surface area (Å²) in [5.74, 6) is -1.88. The van der Waals surface area contributed by atoms with Crippen molar-refractivity contribution in [2.24, 2.45) is 10.2 Å². The third kappa shape index (κ3) is 8.78. The second-order valence-corrected chi connectivity index (χ2v) is 12.2. The van der Waals surface area contributed by atoms with Crippen LogP contribution in [-0.4, -0.2) is 104 Å². The molecule has 0 saturated carbocycles. The molecule has 3 heterocycles. The van der Waals surface area contributed by atoms with Crippen LogP contribution < -0.4 is 4.74 Å². The summed E-state index contributed by atoms with van der Waals surface area (Å²) in [6, 6.07) is 13.6. The molecule has 5 rings (SSSR count). The number of amides is 4. The molecule has 0 radical (unpaired) electrons. The van der Waals surface area contributed by atoms with Gasteiger partial charge in [-0.3, -0.25) is 4.90 Å². The topological polar surface area (TPSA) is 154 Å². The lowest BCUT2D eigenvalue weighted by atomic mass is 10.1. The number of azo groups is 1. The van der Waals surface area contributed by atoms with Crippen LogP contribution in [0.1, 0.15) is 18.4 Å². The number of rotatable bonds is 2. The van der Waals surface area contributed by atoms with Gasteiger partial charge in [-0.1, -0.05) is 28.4 Å². The molecule has 0 spiro atoms. The number of benzene rings is 2. The van der Waals surface area contributed by atoms with E-state index in [1.165, 1.54) is 54.8 Å². The molecule has 2 aromatic carbocycles. The van der Waals surface area contributed by atoms with E-state index < -0.39 is 34.2 Å². The van der Waals surface area contributed by atoms with Crippen molar-refractivity contribution in [3.05, 3.63) is 60.3 Å². The molecule has 0 bridgehead atoms. The lowest BCUT2D eigenvalue weighted by Crippen LogP contribution is -2.31. The number of hydrogen-bond donors (Lipinski definition) is 1. The van der Waals surface area contributed by atoms with Gasteiger partial charge in [0.1, 0.15) is 12.4 Å². The Kier molecular flexibility index (Phi) is 11.3. The molecule has 3 aromatic rings. The van der Waals surface area contributed by atoms with Crippen molar-refractivity contribution in [1.82, 2.24) is 18.7 Å². The molecule has 0 aliphatic carbocycles. The Balaban J connectivity index is 0.000000243. The average Bonchev–Trinajstić information content (AvgIpc) is 3.59. The molecular weight excluding hydrogens is 621 g/mol. The van der Waals surface area contributed by atoms with Crippen molar-refractivity contribution in [1.29, 1.82) is 0 Å². The molecule has 1 atom stereocenters. The van der Waals surface area contributed by atoms with Crippen LogP contribution in [0.15, 0.2) is 69.9 Å². The molecule has 0 unspecified atom stereocenters. The quantitative estimate of drug-likeness (QED) is 0.391. The second kappa shape index (κ2) is 14.5. The Morgan fingerprint density at radius 1 is 0.956 bits per heavy atom. The molecule has 244 valence electrons. The van der Waals surface area contributed by atoms with E-state index in [9.17, 15) is 31.2 Å². The Morgan fingerprint density at radius 3 is 2.07 bits per heavy atom. The molecular formula is C28H33F3N6O7S. The van der Waals surface area contributed by atoms with Crippen LogP contribution in [0.4, 0.5) is 22.8 Å². The molecule has 1 aromatic heterocycles. The zero-order chi connectivity index (χ0) is 33.5. The van der Waals surface area contributed by atoms with Gasteiger partial charge in [0, 0.05) is 57.9 Å². The van der Waals surface area contributed by atoms with Crippen LogP contribution in [0.3, 0.4) is 0 Å². The molecule has 1 N–H and O–H groups in total. The van der Waals surface area contributed by atoms with Gasteiger partial charge in [0.05, 0.1) is 10.4 Å². The van der Waals surface area contributed by atoms with Gasteiger partial charge in [-0.05, 0) is 49.7 Å². The van der Waals surface area contributed by atoms with Crippen LogP contribution >= 0.6 is 0 Å². The molecule has 13 nitrogen and oxygen atoms in total. The van der Waals surface area contributed by atoms with Crippen molar-refractivity contribution in [2.45, 2.75) is 36.5 Å². The first-order chi connectivity index (χ1) is 21.0. The molecule has 45 heavy (non-hydrogen) atoms. The summed E-state index contributed by atoms with van der Waals surface area (Å²) in [7, 11) is 2.50. The van der Waals surface area contributed by atoms with E-state index in [1.807, 2.05) is 24.3 Å². The van der Waals surface area contributed by atoms with Crippen molar-refractivity contribution in [3.8, 4) is 5.75 Å².